The molecular formula is C12H12ClFO2. The summed E-state index contributed by atoms with van der Waals surface area (Å²) in [5, 5.41) is 0. The van der Waals surface area contributed by atoms with E-state index in [1.165, 1.54) is 25.3 Å². The van der Waals surface area contributed by atoms with Crippen LogP contribution in [0.5, 0.6) is 5.75 Å². The number of alkyl halides is 1. The molecule has 0 heterocycles. The van der Waals surface area contributed by atoms with Crippen molar-refractivity contribution in [2.45, 2.75) is 6.42 Å². The molecule has 1 aromatic rings. The number of rotatable bonds is 4. The minimum absolute atomic E-state index is 0.107. The second kappa shape index (κ2) is 7.10. The zero-order chi connectivity index (χ0) is 11.8. The summed E-state index contributed by atoms with van der Waals surface area (Å²) in [6, 6.07) is 4.17. The van der Waals surface area contributed by atoms with E-state index in [9.17, 15) is 4.39 Å². The van der Waals surface area contributed by atoms with Gasteiger partial charge in [-0.15, -0.1) is 11.6 Å². The Kier molecular flexibility index (Phi) is 5.69. The number of benzene rings is 1. The second-order valence-corrected chi connectivity index (χ2v) is 3.31. The van der Waals surface area contributed by atoms with Gasteiger partial charge in [0.1, 0.15) is 11.6 Å². The fraction of sp³-hybridized carbons (Fsp3) is 0.333. The molecule has 0 bridgehead atoms. The van der Waals surface area contributed by atoms with Crippen LogP contribution in [-0.4, -0.2) is 19.8 Å². The van der Waals surface area contributed by atoms with Gasteiger partial charge in [0.25, 0.3) is 0 Å². The first-order valence-electron chi connectivity index (χ1n) is 4.74. The fourth-order valence-corrected chi connectivity index (χ4v) is 1.15. The topological polar surface area (TPSA) is 18.5 Å². The molecule has 0 unspecified atom stereocenters. The van der Waals surface area contributed by atoms with Crippen LogP contribution in [0.4, 0.5) is 4.39 Å². The Labute approximate surface area is 99.3 Å². The van der Waals surface area contributed by atoms with E-state index in [1.807, 2.05) is 0 Å². The molecule has 0 fully saturated rings. The lowest BCUT2D eigenvalue weighted by molar-refractivity contribution is 0.0508. The molecular weight excluding hydrogens is 231 g/mol. The molecule has 0 saturated carbocycles. The van der Waals surface area contributed by atoms with Crippen molar-refractivity contribution in [3.8, 4) is 17.6 Å². The van der Waals surface area contributed by atoms with Crippen LogP contribution < -0.4 is 4.74 Å². The van der Waals surface area contributed by atoms with E-state index in [1.54, 1.807) is 0 Å². The molecule has 0 N–H and O–H groups in total. The number of hydrogen-bond donors (Lipinski definition) is 0. The molecule has 2 nitrogen and oxygen atoms in total. The predicted octanol–water partition coefficient (Wildman–Crippen LogP) is 2.79. The van der Waals surface area contributed by atoms with Gasteiger partial charge in [-0.2, -0.15) is 0 Å². The highest BCUT2D eigenvalue weighted by atomic mass is 35.5. The quantitative estimate of drug-likeness (QED) is 0.459. The molecule has 0 atom stereocenters. The Morgan fingerprint density at radius 1 is 1.44 bits per heavy atom. The Bertz CT molecular complexity index is 396. The summed E-state index contributed by atoms with van der Waals surface area (Å²) >= 11 is 5.49. The summed E-state index contributed by atoms with van der Waals surface area (Å²) in [5.74, 6) is 6.25. The van der Waals surface area contributed by atoms with E-state index in [4.69, 9.17) is 21.1 Å². The molecule has 0 aliphatic heterocycles. The average Bonchev–Trinajstić information content (AvgIpc) is 2.28. The summed E-state index contributed by atoms with van der Waals surface area (Å²) in [6.45, 7) is 0.107. The number of halogens is 2. The smallest absolute Gasteiger partial charge is 0.188 e. The van der Waals surface area contributed by atoms with Crippen molar-refractivity contribution in [3.05, 3.63) is 29.6 Å². The average molecular weight is 243 g/mol. The molecule has 86 valence electrons. The Hall–Kier alpha value is -1.24. The van der Waals surface area contributed by atoms with E-state index >= 15 is 0 Å². The molecule has 1 rings (SSSR count). The highest BCUT2D eigenvalue weighted by Gasteiger charge is 2.02. The zero-order valence-corrected chi connectivity index (χ0v) is 9.68. The van der Waals surface area contributed by atoms with Crippen LogP contribution in [0.25, 0.3) is 0 Å². The third-order valence-corrected chi connectivity index (χ3v) is 1.91. The molecule has 0 aliphatic carbocycles. The molecule has 1 aromatic carbocycles. The van der Waals surface area contributed by atoms with Gasteiger partial charge < -0.3 is 9.47 Å². The normalized spacial score (nSPS) is 9.44. The monoisotopic (exact) mass is 242 g/mol. The van der Waals surface area contributed by atoms with Crippen LogP contribution >= 0.6 is 11.6 Å². The molecule has 0 aliphatic rings. The molecule has 0 spiro atoms. The van der Waals surface area contributed by atoms with E-state index in [-0.39, 0.29) is 12.6 Å². The van der Waals surface area contributed by atoms with Crippen molar-refractivity contribution in [1.82, 2.24) is 0 Å². The van der Waals surface area contributed by atoms with Crippen LogP contribution in [0, 0.1) is 17.7 Å². The molecule has 16 heavy (non-hydrogen) atoms. The lowest BCUT2D eigenvalue weighted by atomic mass is 10.2. The maximum absolute atomic E-state index is 13.0. The van der Waals surface area contributed by atoms with Crippen LogP contribution in [-0.2, 0) is 4.74 Å². The third kappa shape index (κ3) is 4.09. The molecule has 0 aromatic heterocycles. The molecule has 0 radical (unpaired) electrons. The highest BCUT2D eigenvalue weighted by molar-refractivity contribution is 6.18. The Balaban J connectivity index is 2.86. The lowest BCUT2D eigenvalue weighted by Crippen LogP contribution is -2.00. The van der Waals surface area contributed by atoms with Gasteiger partial charge in [-0.1, -0.05) is 11.8 Å². The van der Waals surface area contributed by atoms with Crippen molar-refractivity contribution in [2.75, 3.05) is 19.8 Å². The highest BCUT2D eigenvalue weighted by Crippen LogP contribution is 2.18. The van der Waals surface area contributed by atoms with Crippen LogP contribution in [0.3, 0.4) is 0 Å². The number of ether oxygens (including phenoxy) is 2. The zero-order valence-electron chi connectivity index (χ0n) is 8.93. The SMILES string of the molecule is COCOc1ccc(F)cc1C#CCCCl. The minimum Gasteiger partial charge on any atom is -0.466 e. The first-order valence-corrected chi connectivity index (χ1v) is 5.27. The van der Waals surface area contributed by atoms with Crippen LogP contribution in [0.1, 0.15) is 12.0 Å². The van der Waals surface area contributed by atoms with Crippen molar-refractivity contribution in [3.63, 3.8) is 0 Å². The van der Waals surface area contributed by atoms with Gasteiger partial charge >= 0.3 is 0 Å². The fourth-order valence-electron chi connectivity index (χ4n) is 1.05. The van der Waals surface area contributed by atoms with E-state index in [0.717, 1.165) is 0 Å². The van der Waals surface area contributed by atoms with Crippen molar-refractivity contribution < 1.29 is 13.9 Å². The van der Waals surface area contributed by atoms with Gasteiger partial charge in [-0.25, -0.2) is 4.39 Å². The number of hydrogen-bond acceptors (Lipinski definition) is 2. The van der Waals surface area contributed by atoms with Gasteiger partial charge in [-0.3, -0.25) is 0 Å². The maximum atomic E-state index is 13.0. The predicted molar refractivity (Wildman–Crippen MR) is 61.1 cm³/mol. The van der Waals surface area contributed by atoms with Gasteiger partial charge in [0.15, 0.2) is 6.79 Å². The summed E-state index contributed by atoms with van der Waals surface area (Å²) in [6.07, 6.45) is 0.557. The third-order valence-electron chi connectivity index (χ3n) is 1.72. The summed E-state index contributed by atoms with van der Waals surface area (Å²) in [5.41, 5.74) is 0.502. The van der Waals surface area contributed by atoms with Crippen LogP contribution in [0.15, 0.2) is 18.2 Å². The van der Waals surface area contributed by atoms with Gasteiger partial charge in [0, 0.05) is 19.4 Å². The van der Waals surface area contributed by atoms with E-state index < -0.39 is 0 Å². The molecule has 0 amide bonds. The number of methoxy groups -OCH3 is 1. The van der Waals surface area contributed by atoms with Crippen molar-refractivity contribution in [2.24, 2.45) is 0 Å². The molecule has 4 heteroatoms. The van der Waals surface area contributed by atoms with Gasteiger partial charge in [0.2, 0.25) is 0 Å². The van der Waals surface area contributed by atoms with E-state index in [0.29, 0.717) is 23.6 Å². The first-order chi connectivity index (χ1) is 7.77. The van der Waals surface area contributed by atoms with E-state index in [2.05, 4.69) is 11.8 Å². The summed E-state index contributed by atoms with van der Waals surface area (Å²) < 4.78 is 23.0. The van der Waals surface area contributed by atoms with Gasteiger partial charge in [-0.05, 0) is 18.2 Å². The minimum atomic E-state index is -0.347. The summed E-state index contributed by atoms with van der Waals surface area (Å²) in [4.78, 5) is 0. The van der Waals surface area contributed by atoms with Crippen molar-refractivity contribution in [1.29, 1.82) is 0 Å². The Morgan fingerprint density at radius 2 is 2.25 bits per heavy atom. The van der Waals surface area contributed by atoms with Gasteiger partial charge in [0.05, 0.1) is 5.56 Å². The Morgan fingerprint density at radius 3 is 2.94 bits per heavy atom. The summed E-state index contributed by atoms with van der Waals surface area (Å²) in [7, 11) is 1.52. The molecule has 0 saturated heterocycles. The first kappa shape index (κ1) is 12.8. The second-order valence-electron chi connectivity index (χ2n) is 2.93. The maximum Gasteiger partial charge on any atom is 0.188 e. The standard InChI is InChI=1S/C12H12ClFO2/c1-15-9-16-12-6-5-11(14)8-10(12)4-2-3-7-13/h5-6,8H,3,7,9H2,1H3. The van der Waals surface area contributed by atoms with Crippen molar-refractivity contribution >= 4 is 11.6 Å². The largest absolute Gasteiger partial charge is 0.466 e. The van der Waals surface area contributed by atoms with Crippen LogP contribution in [0.2, 0.25) is 0 Å². The lowest BCUT2D eigenvalue weighted by Gasteiger charge is -2.06.